The largest absolute Gasteiger partial charge is 0.494 e. The average molecular weight is 459 g/mol. The van der Waals surface area contributed by atoms with Crippen molar-refractivity contribution in [1.82, 2.24) is 10.6 Å². The molecule has 0 atom stereocenters. The molecule has 0 aliphatic rings. The first-order valence-corrected chi connectivity index (χ1v) is 11.7. The normalized spacial score (nSPS) is 10.3. The summed E-state index contributed by atoms with van der Waals surface area (Å²) in [5.74, 6) is 0.129. The van der Waals surface area contributed by atoms with Crippen LogP contribution in [-0.2, 0) is 14.3 Å². The number of carbonyl (C=O) groups excluding carboxylic acids is 3. The summed E-state index contributed by atoms with van der Waals surface area (Å²) in [4.78, 5) is 36.9. The Labute approximate surface area is 193 Å². The van der Waals surface area contributed by atoms with Gasteiger partial charge in [0, 0.05) is 17.0 Å². The van der Waals surface area contributed by atoms with E-state index in [9.17, 15) is 14.4 Å². The molecule has 8 heteroatoms. The van der Waals surface area contributed by atoms with E-state index in [0.717, 1.165) is 25.0 Å². The van der Waals surface area contributed by atoms with Crippen molar-refractivity contribution in [2.24, 2.45) is 0 Å². The second-order valence-electron chi connectivity index (χ2n) is 6.93. The van der Waals surface area contributed by atoms with Gasteiger partial charge in [-0.15, -0.1) is 11.8 Å². The number of hydrogen-bond donors (Lipinski definition) is 2. The van der Waals surface area contributed by atoms with Gasteiger partial charge < -0.3 is 20.1 Å². The molecule has 7 nitrogen and oxygen atoms in total. The zero-order chi connectivity index (χ0) is 23.0. The summed E-state index contributed by atoms with van der Waals surface area (Å²) in [6.07, 6.45) is 2.82. The van der Waals surface area contributed by atoms with E-state index in [4.69, 9.17) is 9.47 Å². The summed E-state index contributed by atoms with van der Waals surface area (Å²) < 4.78 is 10.5. The number of carbonyl (C=O) groups is 3. The van der Waals surface area contributed by atoms with E-state index >= 15 is 0 Å². The molecule has 0 saturated heterocycles. The van der Waals surface area contributed by atoms with Crippen LogP contribution in [0.1, 0.15) is 36.5 Å². The number of ether oxygens (including phenoxy) is 2. The van der Waals surface area contributed by atoms with Gasteiger partial charge in [-0.1, -0.05) is 31.5 Å². The fraction of sp³-hybridized carbons (Fsp3) is 0.375. The Bertz CT molecular complexity index is 843. The van der Waals surface area contributed by atoms with Crippen LogP contribution in [0.5, 0.6) is 5.75 Å². The molecule has 0 radical (unpaired) electrons. The summed E-state index contributed by atoms with van der Waals surface area (Å²) in [5, 5.41) is 5.19. The minimum atomic E-state index is -0.673. The van der Waals surface area contributed by atoms with Crippen LogP contribution in [0, 0.1) is 0 Å². The number of thioether (sulfide) groups is 1. The summed E-state index contributed by atoms with van der Waals surface area (Å²) in [5.41, 5.74) is 0.409. The van der Waals surface area contributed by atoms with Gasteiger partial charge in [-0.25, -0.2) is 0 Å². The zero-order valence-corrected chi connectivity index (χ0v) is 19.1. The van der Waals surface area contributed by atoms with Gasteiger partial charge in [-0.2, -0.15) is 0 Å². The molecule has 2 aromatic rings. The Morgan fingerprint density at radius 2 is 1.69 bits per heavy atom. The molecule has 2 amide bonds. The lowest BCUT2D eigenvalue weighted by molar-refractivity contribution is -0.147. The highest BCUT2D eigenvalue weighted by molar-refractivity contribution is 7.99. The molecule has 172 valence electrons. The van der Waals surface area contributed by atoms with Gasteiger partial charge in [0.25, 0.3) is 11.8 Å². The van der Waals surface area contributed by atoms with Gasteiger partial charge in [-0.3, -0.25) is 14.4 Å². The highest BCUT2D eigenvalue weighted by Crippen LogP contribution is 2.17. The molecule has 0 fully saturated rings. The number of hydrogen-bond acceptors (Lipinski definition) is 6. The fourth-order valence-electron chi connectivity index (χ4n) is 2.55. The number of unbranched alkanes of at least 4 members (excludes halogenated alkanes) is 1. The molecule has 2 rings (SSSR count). The molecule has 0 aromatic heterocycles. The highest BCUT2D eigenvalue weighted by atomic mass is 32.2. The van der Waals surface area contributed by atoms with Crippen molar-refractivity contribution >= 4 is 29.5 Å². The fourth-order valence-corrected chi connectivity index (χ4v) is 3.42. The minimum Gasteiger partial charge on any atom is -0.494 e. The smallest absolute Gasteiger partial charge is 0.325 e. The standard InChI is InChI=1S/C24H30N2O5S/c1-2-3-15-30-20-12-10-19(11-13-20)24(29)26-17-23(28)31-18-22(27)25-14-7-16-32-21-8-5-4-6-9-21/h4-6,8-13H,2-3,7,14-18H2,1H3,(H,25,27)(H,26,29). The first-order valence-electron chi connectivity index (χ1n) is 10.7. The summed E-state index contributed by atoms with van der Waals surface area (Å²) in [6, 6.07) is 16.7. The molecule has 0 spiro atoms. The van der Waals surface area contributed by atoms with Gasteiger partial charge in [0.1, 0.15) is 12.3 Å². The van der Waals surface area contributed by atoms with Crippen LogP contribution in [0.4, 0.5) is 0 Å². The van der Waals surface area contributed by atoms with Crippen molar-refractivity contribution in [1.29, 1.82) is 0 Å². The van der Waals surface area contributed by atoms with E-state index in [0.29, 0.717) is 24.5 Å². The monoisotopic (exact) mass is 458 g/mol. The molecule has 0 heterocycles. The summed E-state index contributed by atoms with van der Waals surface area (Å²) in [6.45, 7) is 2.54. The maximum absolute atomic E-state index is 12.1. The number of rotatable bonds is 14. The minimum absolute atomic E-state index is 0.311. The van der Waals surface area contributed by atoms with E-state index < -0.39 is 11.9 Å². The lowest BCUT2D eigenvalue weighted by Crippen LogP contribution is -2.34. The molecule has 0 unspecified atom stereocenters. The Morgan fingerprint density at radius 3 is 2.41 bits per heavy atom. The third-order valence-electron chi connectivity index (χ3n) is 4.30. The molecule has 2 N–H and O–H groups in total. The maximum atomic E-state index is 12.1. The molecule has 0 saturated carbocycles. The zero-order valence-electron chi connectivity index (χ0n) is 18.3. The van der Waals surface area contributed by atoms with Crippen LogP contribution >= 0.6 is 11.8 Å². The Kier molecular flexibility index (Phi) is 11.8. The molecule has 2 aromatic carbocycles. The lowest BCUT2D eigenvalue weighted by Gasteiger charge is -2.08. The van der Waals surface area contributed by atoms with Gasteiger partial charge in [0.15, 0.2) is 6.61 Å². The number of esters is 1. The highest BCUT2D eigenvalue weighted by Gasteiger charge is 2.11. The van der Waals surface area contributed by atoms with Crippen molar-refractivity contribution < 1.29 is 23.9 Å². The van der Waals surface area contributed by atoms with E-state index in [-0.39, 0.29) is 19.1 Å². The number of amides is 2. The van der Waals surface area contributed by atoms with E-state index in [1.165, 1.54) is 4.90 Å². The molecular weight excluding hydrogens is 428 g/mol. The van der Waals surface area contributed by atoms with Crippen molar-refractivity contribution in [3.63, 3.8) is 0 Å². The molecule has 0 aliphatic carbocycles. The first kappa shape index (κ1) is 25.3. The van der Waals surface area contributed by atoms with Gasteiger partial charge in [0.05, 0.1) is 6.61 Å². The van der Waals surface area contributed by atoms with Crippen molar-refractivity contribution in [2.75, 3.05) is 32.1 Å². The number of nitrogens with one attached hydrogen (secondary N) is 2. The van der Waals surface area contributed by atoms with Crippen molar-refractivity contribution in [3.8, 4) is 5.75 Å². The third kappa shape index (κ3) is 10.3. The second kappa shape index (κ2) is 14.9. The van der Waals surface area contributed by atoms with Crippen LogP contribution in [-0.4, -0.2) is 49.8 Å². The van der Waals surface area contributed by atoms with Crippen LogP contribution in [0.2, 0.25) is 0 Å². The molecule has 32 heavy (non-hydrogen) atoms. The molecule has 0 bridgehead atoms. The first-order chi connectivity index (χ1) is 15.6. The Hall–Kier alpha value is -3.00. The Morgan fingerprint density at radius 1 is 0.938 bits per heavy atom. The van der Waals surface area contributed by atoms with E-state index in [1.807, 2.05) is 30.3 Å². The van der Waals surface area contributed by atoms with Gasteiger partial charge >= 0.3 is 5.97 Å². The van der Waals surface area contributed by atoms with E-state index in [1.54, 1.807) is 36.0 Å². The second-order valence-corrected chi connectivity index (χ2v) is 8.10. The van der Waals surface area contributed by atoms with Crippen LogP contribution in [0.3, 0.4) is 0 Å². The predicted molar refractivity (Wildman–Crippen MR) is 125 cm³/mol. The van der Waals surface area contributed by atoms with Gasteiger partial charge in [0.2, 0.25) is 0 Å². The topological polar surface area (TPSA) is 93.7 Å². The summed E-state index contributed by atoms with van der Waals surface area (Å²) in [7, 11) is 0. The van der Waals surface area contributed by atoms with Gasteiger partial charge in [-0.05, 0) is 55.0 Å². The SMILES string of the molecule is CCCCOc1ccc(C(=O)NCC(=O)OCC(=O)NCCCSc2ccccc2)cc1. The van der Waals surface area contributed by atoms with Crippen LogP contribution in [0.25, 0.3) is 0 Å². The Balaban J connectivity index is 1.55. The lowest BCUT2D eigenvalue weighted by atomic mass is 10.2. The summed E-state index contributed by atoms with van der Waals surface area (Å²) >= 11 is 1.72. The third-order valence-corrected chi connectivity index (χ3v) is 5.39. The molecular formula is C24H30N2O5S. The predicted octanol–water partition coefficient (Wildman–Crippen LogP) is 3.44. The maximum Gasteiger partial charge on any atom is 0.325 e. The van der Waals surface area contributed by atoms with E-state index in [2.05, 4.69) is 17.6 Å². The van der Waals surface area contributed by atoms with Crippen LogP contribution in [0.15, 0.2) is 59.5 Å². The number of benzene rings is 2. The molecule has 0 aliphatic heterocycles. The van der Waals surface area contributed by atoms with Crippen LogP contribution < -0.4 is 15.4 Å². The van der Waals surface area contributed by atoms with Crippen molar-refractivity contribution in [2.45, 2.75) is 31.1 Å². The quantitative estimate of drug-likeness (QED) is 0.256. The average Bonchev–Trinajstić information content (AvgIpc) is 2.82. The van der Waals surface area contributed by atoms with Crippen molar-refractivity contribution in [3.05, 3.63) is 60.2 Å².